The number of carboxylic acids is 1. The first-order chi connectivity index (χ1) is 11.5. The predicted molar refractivity (Wildman–Crippen MR) is 99.0 cm³/mol. The molecule has 1 aromatic heterocycles. The van der Waals surface area contributed by atoms with E-state index in [1.54, 1.807) is 12.1 Å². The van der Waals surface area contributed by atoms with Crippen molar-refractivity contribution in [3.8, 4) is 11.3 Å². The zero-order valence-electron chi connectivity index (χ0n) is 12.3. The van der Waals surface area contributed by atoms with E-state index < -0.39 is 11.8 Å². The first-order valence-corrected chi connectivity index (χ1v) is 8.13. The Morgan fingerprint density at radius 3 is 2.50 bits per heavy atom. The lowest BCUT2D eigenvalue weighted by Gasteiger charge is -2.12. The number of anilines is 2. The molecule has 0 aliphatic carbocycles. The molecule has 3 aromatic rings. The van der Waals surface area contributed by atoms with E-state index >= 15 is 0 Å². The summed E-state index contributed by atoms with van der Waals surface area (Å²) in [7, 11) is 0. The molecule has 24 heavy (non-hydrogen) atoms. The van der Waals surface area contributed by atoms with Crippen molar-refractivity contribution in [2.24, 2.45) is 0 Å². The van der Waals surface area contributed by atoms with E-state index in [2.05, 4.69) is 10.3 Å². The lowest BCUT2D eigenvalue weighted by Crippen LogP contribution is -2.05. The molecule has 2 N–H and O–H groups in total. The fourth-order valence-corrected chi connectivity index (χ4v) is 2.69. The van der Waals surface area contributed by atoms with E-state index in [0.717, 1.165) is 9.13 Å². The van der Waals surface area contributed by atoms with Gasteiger partial charge in [0.05, 0.1) is 28.8 Å². The molecule has 0 fully saturated rings. The van der Waals surface area contributed by atoms with Crippen LogP contribution in [0.25, 0.3) is 11.3 Å². The Balaban J connectivity index is 2.00. The van der Waals surface area contributed by atoms with Crippen molar-refractivity contribution in [3.63, 3.8) is 0 Å². The Morgan fingerprint density at radius 1 is 1.08 bits per heavy atom. The highest BCUT2D eigenvalue weighted by molar-refractivity contribution is 14.1. The third-order valence-corrected chi connectivity index (χ3v) is 4.08. The SMILES string of the molecule is O=C(O)c1cc(-c2ccccc2)ncc1Nc1ccc(I)cc1F. The zero-order valence-corrected chi connectivity index (χ0v) is 14.5. The van der Waals surface area contributed by atoms with Crippen LogP contribution in [-0.2, 0) is 0 Å². The van der Waals surface area contributed by atoms with Crippen LogP contribution in [0.3, 0.4) is 0 Å². The number of carboxylic acid groups (broad SMARTS) is 1. The highest BCUT2D eigenvalue weighted by atomic mass is 127. The molecule has 0 aliphatic heterocycles. The minimum atomic E-state index is -1.11. The molecule has 0 saturated heterocycles. The number of hydrogen-bond donors (Lipinski definition) is 2. The maximum absolute atomic E-state index is 14.0. The van der Waals surface area contributed by atoms with Crippen LogP contribution in [0.2, 0.25) is 0 Å². The van der Waals surface area contributed by atoms with Gasteiger partial charge in [-0.1, -0.05) is 30.3 Å². The number of rotatable bonds is 4. The number of aromatic nitrogens is 1. The van der Waals surface area contributed by atoms with E-state index in [9.17, 15) is 14.3 Å². The second kappa shape index (κ2) is 6.96. The van der Waals surface area contributed by atoms with Gasteiger partial charge in [-0.2, -0.15) is 0 Å². The summed E-state index contributed by atoms with van der Waals surface area (Å²) in [5.74, 6) is -1.56. The molecular weight excluding hydrogens is 422 g/mol. The number of hydrogen-bond acceptors (Lipinski definition) is 3. The smallest absolute Gasteiger partial charge is 0.337 e. The van der Waals surface area contributed by atoms with Gasteiger partial charge >= 0.3 is 5.97 Å². The van der Waals surface area contributed by atoms with Gasteiger partial charge in [-0.25, -0.2) is 9.18 Å². The molecule has 0 unspecified atom stereocenters. The molecule has 0 atom stereocenters. The van der Waals surface area contributed by atoms with E-state index in [0.29, 0.717) is 5.69 Å². The summed E-state index contributed by atoms with van der Waals surface area (Å²) in [6.07, 6.45) is 1.41. The lowest BCUT2D eigenvalue weighted by atomic mass is 10.1. The van der Waals surface area contributed by atoms with Crippen LogP contribution >= 0.6 is 22.6 Å². The van der Waals surface area contributed by atoms with Crippen molar-refractivity contribution >= 4 is 39.9 Å². The summed E-state index contributed by atoms with van der Waals surface area (Å²) in [5, 5.41) is 12.3. The normalized spacial score (nSPS) is 10.4. The molecule has 2 aromatic carbocycles. The minimum Gasteiger partial charge on any atom is -0.478 e. The van der Waals surface area contributed by atoms with E-state index in [1.807, 2.05) is 52.9 Å². The Morgan fingerprint density at radius 2 is 1.83 bits per heavy atom. The molecule has 0 bridgehead atoms. The molecule has 0 spiro atoms. The Bertz CT molecular complexity index is 901. The number of carbonyl (C=O) groups is 1. The summed E-state index contributed by atoms with van der Waals surface area (Å²) >= 11 is 2.01. The first-order valence-electron chi connectivity index (χ1n) is 7.05. The second-order valence-corrected chi connectivity index (χ2v) is 6.28. The van der Waals surface area contributed by atoms with Crippen molar-refractivity contribution in [1.29, 1.82) is 0 Å². The Kier molecular flexibility index (Phi) is 4.75. The molecule has 0 saturated carbocycles. The van der Waals surface area contributed by atoms with Crippen molar-refractivity contribution in [2.75, 3.05) is 5.32 Å². The molecular formula is C18H12FIN2O2. The van der Waals surface area contributed by atoms with Crippen LogP contribution in [0, 0.1) is 9.39 Å². The largest absolute Gasteiger partial charge is 0.478 e. The summed E-state index contributed by atoms with van der Waals surface area (Å²) in [6, 6.07) is 15.4. The fourth-order valence-electron chi connectivity index (χ4n) is 2.23. The van der Waals surface area contributed by atoms with Crippen molar-refractivity contribution in [3.05, 3.63) is 75.7 Å². The number of benzene rings is 2. The molecule has 0 amide bonds. The summed E-state index contributed by atoms with van der Waals surface area (Å²) in [4.78, 5) is 15.9. The van der Waals surface area contributed by atoms with Crippen molar-refractivity contribution < 1.29 is 14.3 Å². The summed E-state index contributed by atoms with van der Waals surface area (Å²) < 4.78 is 14.7. The monoisotopic (exact) mass is 434 g/mol. The highest BCUT2D eigenvalue weighted by Gasteiger charge is 2.14. The molecule has 0 aliphatic rings. The summed E-state index contributed by atoms with van der Waals surface area (Å²) in [6.45, 7) is 0. The van der Waals surface area contributed by atoms with Gasteiger partial charge in [-0.15, -0.1) is 0 Å². The van der Waals surface area contributed by atoms with Gasteiger partial charge in [-0.3, -0.25) is 4.98 Å². The maximum atomic E-state index is 14.0. The molecule has 1 heterocycles. The molecule has 3 rings (SSSR count). The Hall–Kier alpha value is -2.48. The Labute approximate surface area is 151 Å². The molecule has 0 radical (unpaired) electrons. The van der Waals surface area contributed by atoms with E-state index in [4.69, 9.17) is 0 Å². The van der Waals surface area contributed by atoms with Gasteiger partial charge in [0.1, 0.15) is 5.82 Å². The fraction of sp³-hybridized carbons (Fsp3) is 0. The second-order valence-electron chi connectivity index (χ2n) is 5.04. The van der Waals surface area contributed by atoms with Gasteiger partial charge in [0, 0.05) is 9.13 Å². The molecule has 4 nitrogen and oxygen atoms in total. The minimum absolute atomic E-state index is 0.0294. The van der Waals surface area contributed by atoms with Crippen LogP contribution in [0.5, 0.6) is 0 Å². The van der Waals surface area contributed by atoms with E-state index in [1.165, 1.54) is 18.3 Å². The number of halogens is 2. The average Bonchev–Trinajstić information content (AvgIpc) is 2.58. The topological polar surface area (TPSA) is 62.2 Å². The van der Waals surface area contributed by atoms with Crippen LogP contribution in [0.15, 0.2) is 60.8 Å². The first kappa shape index (κ1) is 16.4. The molecule has 120 valence electrons. The van der Waals surface area contributed by atoms with Crippen molar-refractivity contribution in [2.45, 2.75) is 0 Å². The highest BCUT2D eigenvalue weighted by Crippen LogP contribution is 2.27. The van der Waals surface area contributed by atoms with Gasteiger partial charge < -0.3 is 10.4 Å². The predicted octanol–water partition coefficient (Wildman–Crippen LogP) is 4.93. The van der Waals surface area contributed by atoms with Gasteiger partial charge in [0.25, 0.3) is 0 Å². The van der Waals surface area contributed by atoms with Crippen LogP contribution in [0.1, 0.15) is 10.4 Å². The van der Waals surface area contributed by atoms with Crippen LogP contribution in [-0.4, -0.2) is 16.1 Å². The zero-order chi connectivity index (χ0) is 17.1. The van der Waals surface area contributed by atoms with Gasteiger partial charge in [0.15, 0.2) is 0 Å². The molecule has 6 heteroatoms. The van der Waals surface area contributed by atoms with Gasteiger partial charge in [-0.05, 0) is 46.9 Å². The van der Waals surface area contributed by atoms with Crippen molar-refractivity contribution in [1.82, 2.24) is 4.98 Å². The number of aromatic carboxylic acids is 1. The lowest BCUT2D eigenvalue weighted by molar-refractivity contribution is 0.0698. The maximum Gasteiger partial charge on any atom is 0.337 e. The standard InChI is InChI=1S/C18H12FIN2O2/c19-14-8-12(20)6-7-15(14)22-17-10-21-16(9-13(17)18(23)24)11-4-2-1-3-5-11/h1-10,22H,(H,23,24). The third kappa shape index (κ3) is 3.53. The number of nitrogens with one attached hydrogen (secondary N) is 1. The quantitative estimate of drug-likeness (QED) is 0.572. The van der Waals surface area contributed by atoms with Gasteiger partial charge in [0.2, 0.25) is 0 Å². The van der Waals surface area contributed by atoms with Crippen LogP contribution in [0.4, 0.5) is 15.8 Å². The van der Waals surface area contributed by atoms with E-state index in [-0.39, 0.29) is 16.9 Å². The number of nitrogens with zero attached hydrogens (tertiary/aromatic N) is 1. The third-order valence-electron chi connectivity index (χ3n) is 3.40. The average molecular weight is 434 g/mol. The van der Waals surface area contributed by atoms with Crippen LogP contribution < -0.4 is 5.32 Å². The summed E-state index contributed by atoms with van der Waals surface area (Å²) in [5.41, 5.74) is 1.82. The number of pyridine rings is 1.